The number of benzene rings is 2. The van der Waals surface area contributed by atoms with Crippen LogP contribution in [0.2, 0.25) is 0 Å². The maximum atomic E-state index is 11.7. The summed E-state index contributed by atoms with van der Waals surface area (Å²) in [6.07, 6.45) is 3.17. The quantitative estimate of drug-likeness (QED) is 0.756. The molecule has 5 nitrogen and oxygen atoms in total. The Balaban J connectivity index is 1.92. The lowest BCUT2D eigenvalue weighted by Crippen LogP contribution is -2.28. The van der Waals surface area contributed by atoms with E-state index in [0.29, 0.717) is 23.1 Å². The van der Waals surface area contributed by atoms with Gasteiger partial charge in [-0.3, -0.25) is 20.1 Å². The first-order valence-electron chi connectivity index (χ1n) is 6.95. The standard InChI is InChI=1S/C17H15N3O2/c21-17(22)16(20-11-12-5-2-1-3-6-12)13-7-4-8-14-15(13)19-10-9-18-14/h1-10,16,20H,11H2,(H,21,22). The van der Waals surface area contributed by atoms with Crippen molar-refractivity contribution >= 4 is 17.0 Å². The second-order valence-corrected chi connectivity index (χ2v) is 4.91. The fraction of sp³-hybridized carbons (Fsp3) is 0.118. The number of nitrogens with one attached hydrogen (secondary N) is 1. The predicted octanol–water partition coefficient (Wildman–Crippen LogP) is 2.55. The normalized spacial score (nSPS) is 12.2. The Labute approximate surface area is 127 Å². The first-order valence-corrected chi connectivity index (χ1v) is 6.95. The number of aromatic nitrogens is 2. The van der Waals surface area contributed by atoms with Gasteiger partial charge in [-0.15, -0.1) is 0 Å². The molecular weight excluding hydrogens is 278 g/mol. The fourth-order valence-electron chi connectivity index (χ4n) is 2.39. The van der Waals surface area contributed by atoms with Crippen LogP contribution < -0.4 is 5.32 Å². The van der Waals surface area contributed by atoms with E-state index in [9.17, 15) is 9.90 Å². The molecule has 0 aliphatic heterocycles. The molecule has 0 aliphatic carbocycles. The molecule has 2 aromatic carbocycles. The van der Waals surface area contributed by atoms with Crippen LogP contribution in [0.25, 0.3) is 11.0 Å². The van der Waals surface area contributed by atoms with Gasteiger partial charge in [0, 0.05) is 24.5 Å². The number of carbonyl (C=O) groups is 1. The third kappa shape index (κ3) is 2.94. The van der Waals surface area contributed by atoms with E-state index in [-0.39, 0.29) is 0 Å². The van der Waals surface area contributed by atoms with Crippen molar-refractivity contribution in [3.63, 3.8) is 0 Å². The molecule has 1 unspecified atom stereocenters. The maximum absolute atomic E-state index is 11.7. The van der Waals surface area contributed by atoms with Crippen molar-refractivity contribution < 1.29 is 9.90 Å². The molecule has 22 heavy (non-hydrogen) atoms. The van der Waals surface area contributed by atoms with Gasteiger partial charge in [0.05, 0.1) is 11.0 Å². The Morgan fingerprint density at radius 3 is 2.59 bits per heavy atom. The van der Waals surface area contributed by atoms with Gasteiger partial charge in [-0.1, -0.05) is 42.5 Å². The van der Waals surface area contributed by atoms with Gasteiger partial charge in [-0.05, 0) is 11.6 Å². The number of carboxylic acid groups (broad SMARTS) is 1. The number of fused-ring (bicyclic) bond motifs is 1. The molecule has 0 saturated heterocycles. The highest BCUT2D eigenvalue weighted by molar-refractivity contribution is 5.85. The van der Waals surface area contributed by atoms with E-state index in [1.54, 1.807) is 24.5 Å². The highest BCUT2D eigenvalue weighted by Gasteiger charge is 2.22. The molecule has 0 amide bonds. The van der Waals surface area contributed by atoms with E-state index in [2.05, 4.69) is 15.3 Å². The molecule has 2 N–H and O–H groups in total. The molecule has 3 rings (SSSR count). The molecule has 1 aromatic heterocycles. The largest absolute Gasteiger partial charge is 0.480 e. The smallest absolute Gasteiger partial charge is 0.325 e. The Morgan fingerprint density at radius 2 is 1.82 bits per heavy atom. The van der Waals surface area contributed by atoms with Crippen LogP contribution in [0.4, 0.5) is 0 Å². The van der Waals surface area contributed by atoms with Gasteiger partial charge >= 0.3 is 5.97 Å². The minimum Gasteiger partial charge on any atom is -0.480 e. The number of rotatable bonds is 5. The van der Waals surface area contributed by atoms with Crippen molar-refractivity contribution in [2.45, 2.75) is 12.6 Å². The van der Waals surface area contributed by atoms with E-state index < -0.39 is 12.0 Å². The van der Waals surface area contributed by atoms with Crippen LogP contribution in [0.5, 0.6) is 0 Å². The molecule has 3 aromatic rings. The predicted molar refractivity (Wildman–Crippen MR) is 83.2 cm³/mol. The molecule has 0 radical (unpaired) electrons. The van der Waals surface area contributed by atoms with Crippen LogP contribution >= 0.6 is 0 Å². The lowest BCUT2D eigenvalue weighted by atomic mass is 10.0. The van der Waals surface area contributed by atoms with Gasteiger partial charge < -0.3 is 5.11 Å². The zero-order valence-corrected chi connectivity index (χ0v) is 11.8. The number of carboxylic acids is 1. The second-order valence-electron chi connectivity index (χ2n) is 4.91. The lowest BCUT2D eigenvalue weighted by molar-refractivity contribution is -0.139. The average Bonchev–Trinajstić information content (AvgIpc) is 2.56. The summed E-state index contributed by atoms with van der Waals surface area (Å²) in [4.78, 5) is 20.1. The van der Waals surface area contributed by atoms with E-state index in [1.165, 1.54) is 0 Å². The molecule has 0 fully saturated rings. The lowest BCUT2D eigenvalue weighted by Gasteiger charge is -2.16. The number of aliphatic carboxylic acids is 1. The summed E-state index contributed by atoms with van der Waals surface area (Å²) in [5.74, 6) is -0.936. The molecule has 1 atom stereocenters. The third-order valence-electron chi connectivity index (χ3n) is 3.44. The number of hydrogen-bond acceptors (Lipinski definition) is 4. The van der Waals surface area contributed by atoms with Crippen molar-refractivity contribution in [1.82, 2.24) is 15.3 Å². The molecule has 5 heteroatoms. The number of nitrogens with zero attached hydrogens (tertiary/aromatic N) is 2. The number of para-hydroxylation sites is 1. The van der Waals surface area contributed by atoms with E-state index in [1.807, 2.05) is 36.4 Å². The molecule has 0 aliphatic rings. The molecule has 0 saturated carbocycles. The van der Waals surface area contributed by atoms with Gasteiger partial charge in [-0.2, -0.15) is 0 Å². The van der Waals surface area contributed by atoms with Crippen LogP contribution in [0, 0.1) is 0 Å². The van der Waals surface area contributed by atoms with Crippen molar-refractivity contribution in [1.29, 1.82) is 0 Å². The highest BCUT2D eigenvalue weighted by Crippen LogP contribution is 2.22. The maximum Gasteiger partial charge on any atom is 0.325 e. The Morgan fingerprint density at radius 1 is 1.05 bits per heavy atom. The summed E-state index contributed by atoms with van der Waals surface area (Å²) >= 11 is 0. The summed E-state index contributed by atoms with van der Waals surface area (Å²) in [5.41, 5.74) is 2.94. The van der Waals surface area contributed by atoms with Crippen molar-refractivity contribution in [2.24, 2.45) is 0 Å². The van der Waals surface area contributed by atoms with E-state index in [4.69, 9.17) is 0 Å². The van der Waals surface area contributed by atoms with E-state index >= 15 is 0 Å². The van der Waals surface area contributed by atoms with Crippen molar-refractivity contribution in [2.75, 3.05) is 0 Å². The van der Waals surface area contributed by atoms with Gasteiger partial charge in [-0.25, -0.2) is 0 Å². The van der Waals surface area contributed by atoms with Crippen LogP contribution in [0.1, 0.15) is 17.2 Å². The van der Waals surface area contributed by atoms with Crippen LogP contribution in [0.15, 0.2) is 60.9 Å². The van der Waals surface area contributed by atoms with Crippen molar-refractivity contribution in [3.8, 4) is 0 Å². The second kappa shape index (κ2) is 6.32. The molecule has 0 bridgehead atoms. The third-order valence-corrected chi connectivity index (χ3v) is 3.44. The zero-order valence-electron chi connectivity index (χ0n) is 11.8. The molecule has 110 valence electrons. The highest BCUT2D eigenvalue weighted by atomic mass is 16.4. The number of hydrogen-bond donors (Lipinski definition) is 2. The first-order chi connectivity index (χ1) is 10.8. The summed E-state index contributed by atoms with van der Waals surface area (Å²) in [6, 6.07) is 14.2. The van der Waals surface area contributed by atoms with Crippen molar-refractivity contribution in [3.05, 3.63) is 72.1 Å². The first kappa shape index (κ1) is 14.2. The summed E-state index contributed by atoms with van der Waals surface area (Å²) < 4.78 is 0. The van der Waals surface area contributed by atoms with E-state index in [0.717, 1.165) is 5.56 Å². The van der Waals surface area contributed by atoms with Crippen LogP contribution in [-0.2, 0) is 11.3 Å². The molecule has 1 heterocycles. The Kier molecular flexibility index (Phi) is 4.07. The van der Waals surface area contributed by atoms with Gasteiger partial charge in [0.25, 0.3) is 0 Å². The minimum atomic E-state index is -0.936. The van der Waals surface area contributed by atoms with Crippen LogP contribution in [0.3, 0.4) is 0 Å². The molecular formula is C17H15N3O2. The summed E-state index contributed by atoms with van der Waals surface area (Å²) in [5, 5.41) is 12.6. The van der Waals surface area contributed by atoms with Crippen LogP contribution in [-0.4, -0.2) is 21.0 Å². The zero-order chi connectivity index (χ0) is 15.4. The van der Waals surface area contributed by atoms with Gasteiger partial charge in [0.15, 0.2) is 0 Å². The fourth-order valence-corrected chi connectivity index (χ4v) is 2.39. The minimum absolute atomic E-state index is 0.467. The Hall–Kier alpha value is -2.79. The summed E-state index contributed by atoms with van der Waals surface area (Å²) in [6.45, 7) is 0.467. The average molecular weight is 293 g/mol. The topological polar surface area (TPSA) is 75.1 Å². The Bertz CT molecular complexity index is 785. The van der Waals surface area contributed by atoms with Gasteiger partial charge in [0.1, 0.15) is 6.04 Å². The summed E-state index contributed by atoms with van der Waals surface area (Å²) in [7, 11) is 0. The molecule has 0 spiro atoms. The monoisotopic (exact) mass is 293 g/mol. The SMILES string of the molecule is O=C(O)C(NCc1ccccc1)c1cccc2nccnc12. The van der Waals surface area contributed by atoms with Gasteiger partial charge in [0.2, 0.25) is 0 Å².